The minimum Gasteiger partial charge on any atom is -0.351 e. The lowest BCUT2D eigenvalue weighted by molar-refractivity contribution is 0.254. The molecule has 25 heavy (non-hydrogen) atoms. The number of carbonyl (C=O) groups excluding carboxylic acids is 1. The van der Waals surface area contributed by atoms with E-state index in [1.807, 2.05) is 43.3 Å². The molecule has 0 spiro atoms. The second-order valence-electron chi connectivity index (χ2n) is 5.59. The fourth-order valence-electron chi connectivity index (χ4n) is 2.23. The number of primary amides is 1. The van der Waals surface area contributed by atoms with Gasteiger partial charge in [-0.3, -0.25) is 4.72 Å². The second kappa shape index (κ2) is 8.22. The van der Waals surface area contributed by atoms with Crippen LogP contribution in [0.5, 0.6) is 0 Å². The molecule has 2 amide bonds. The highest BCUT2D eigenvalue weighted by Gasteiger charge is 2.15. The molecule has 2 aromatic rings. The van der Waals surface area contributed by atoms with Crippen molar-refractivity contribution in [3.8, 4) is 0 Å². The molecule has 132 valence electrons. The molecule has 2 aromatic carbocycles. The summed E-state index contributed by atoms with van der Waals surface area (Å²) in [6.45, 7) is 1.99. The molecule has 0 radical (unpaired) electrons. The van der Waals surface area contributed by atoms with Gasteiger partial charge in [0.05, 0.1) is 4.90 Å². The molecule has 0 bridgehead atoms. The smallest absolute Gasteiger partial charge is 0.322 e. The van der Waals surface area contributed by atoms with Gasteiger partial charge in [-0.1, -0.05) is 49.4 Å². The SMILES string of the molecule is CC(C(=Cc1ccccc1)SNC(N)=O)c1ccc(S(C)(=O)=O)cc1. The molecule has 0 aliphatic carbocycles. The zero-order valence-corrected chi connectivity index (χ0v) is 15.6. The van der Waals surface area contributed by atoms with E-state index < -0.39 is 15.9 Å². The fourth-order valence-corrected chi connectivity index (χ4v) is 3.59. The van der Waals surface area contributed by atoms with E-state index in [2.05, 4.69) is 4.72 Å². The summed E-state index contributed by atoms with van der Waals surface area (Å²) in [6.07, 6.45) is 3.15. The maximum atomic E-state index is 11.6. The van der Waals surface area contributed by atoms with E-state index in [0.29, 0.717) is 0 Å². The number of allylic oxidation sites excluding steroid dienone is 1. The van der Waals surface area contributed by atoms with Gasteiger partial charge in [-0.25, -0.2) is 13.2 Å². The van der Waals surface area contributed by atoms with Gasteiger partial charge in [0.15, 0.2) is 9.84 Å². The second-order valence-corrected chi connectivity index (χ2v) is 8.48. The molecule has 0 aromatic heterocycles. The van der Waals surface area contributed by atoms with Crippen LogP contribution < -0.4 is 10.5 Å². The van der Waals surface area contributed by atoms with Gasteiger partial charge in [-0.15, -0.1) is 0 Å². The number of benzene rings is 2. The van der Waals surface area contributed by atoms with Crippen LogP contribution in [0.15, 0.2) is 64.4 Å². The molecular weight excluding hydrogens is 356 g/mol. The molecule has 0 aliphatic heterocycles. The number of urea groups is 1. The third-order valence-electron chi connectivity index (χ3n) is 3.61. The maximum absolute atomic E-state index is 11.6. The van der Waals surface area contributed by atoms with Crippen molar-refractivity contribution in [2.75, 3.05) is 6.26 Å². The molecule has 1 atom stereocenters. The number of nitrogens with one attached hydrogen (secondary N) is 1. The topological polar surface area (TPSA) is 89.3 Å². The Balaban J connectivity index is 2.32. The Kier molecular flexibility index (Phi) is 6.27. The minimum absolute atomic E-state index is 0.0503. The average Bonchev–Trinajstić information content (AvgIpc) is 2.58. The van der Waals surface area contributed by atoms with Crippen molar-refractivity contribution in [2.24, 2.45) is 5.73 Å². The Morgan fingerprint density at radius 3 is 2.24 bits per heavy atom. The van der Waals surface area contributed by atoms with Gasteiger partial charge in [-0.05, 0) is 41.3 Å². The summed E-state index contributed by atoms with van der Waals surface area (Å²) in [5.41, 5.74) is 7.11. The largest absolute Gasteiger partial charge is 0.351 e. The highest BCUT2D eigenvalue weighted by atomic mass is 32.2. The molecule has 0 saturated heterocycles. The van der Waals surface area contributed by atoms with Crippen LogP contribution in [-0.4, -0.2) is 20.7 Å². The van der Waals surface area contributed by atoms with Crippen molar-refractivity contribution in [3.63, 3.8) is 0 Å². The standard InChI is InChI=1S/C18H20N2O3S2/c1-13(15-8-10-16(11-9-15)25(2,22)23)17(24-20-18(19)21)12-14-6-4-3-5-7-14/h3-13H,1-2H3,(H3,19,20,21). The Morgan fingerprint density at radius 1 is 1.12 bits per heavy atom. The summed E-state index contributed by atoms with van der Waals surface area (Å²) in [6, 6.07) is 15.8. The van der Waals surface area contributed by atoms with Crippen molar-refractivity contribution in [1.29, 1.82) is 0 Å². The maximum Gasteiger partial charge on any atom is 0.322 e. The Bertz CT molecular complexity index is 861. The van der Waals surface area contributed by atoms with Crippen LogP contribution in [0, 0.1) is 0 Å². The number of amides is 2. The van der Waals surface area contributed by atoms with Gasteiger partial charge in [-0.2, -0.15) is 0 Å². The number of rotatable bonds is 6. The molecule has 2 rings (SSSR count). The first-order valence-electron chi connectivity index (χ1n) is 7.56. The average molecular weight is 377 g/mol. The molecule has 1 unspecified atom stereocenters. The lowest BCUT2D eigenvalue weighted by atomic mass is 9.99. The molecule has 5 nitrogen and oxygen atoms in total. The van der Waals surface area contributed by atoms with Gasteiger partial charge in [0, 0.05) is 17.1 Å². The van der Waals surface area contributed by atoms with Gasteiger partial charge in [0.2, 0.25) is 0 Å². The number of nitrogens with two attached hydrogens (primary N) is 1. The van der Waals surface area contributed by atoms with Crippen LogP contribution in [0.2, 0.25) is 0 Å². The normalized spacial score (nSPS) is 13.3. The van der Waals surface area contributed by atoms with Crippen LogP contribution in [0.1, 0.15) is 24.0 Å². The molecule has 3 N–H and O–H groups in total. The van der Waals surface area contributed by atoms with Crippen molar-refractivity contribution in [1.82, 2.24) is 4.72 Å². The van der Waals surface area contributed by atoms with Crippen molar-refractivity contribution >= 4 is 33.9 Å². The summed E-state index contributed by atoms with van der Waals surface area (Å²) in [4.78, 5) is 12.2. The van der Waals surface area contributed by atoms with Crippen LogP contribution in [0.3, 0.4) is 0 Å². The Morgan fingerprint density at radius 2 is 1.72 bits per heavy atom. The first-order valence-corrected chi connectivity index (χ1v) is 10.3. The van der Waals surface area contributed by atoms with Gasteiger partial charge >= 0.3 is 6.03 Å². The predicted octanol–water partition coefficient (Wildman–Crippen LogP) is 3.55. The van der Waals surface area contributed by atoms with Crippen LogP contribution >= 0.6 is 11.9 Å². The summed E-state index contributed by atoms with van der Waals surface area (Å²) in [7, 11) is -3.23. The Hall–Kier alpha value is -2.25. The van der Waals surface area contributed by atoms with Crippen LogP contribution in [-0.2, 0) is 9.84 Å². The molecule has 0 aliphatic rings. The van der Waals surface area contributed by atoms with Crippen LogP contribution in [0.4, 0.5) is 4.79 Å². The van der Waals surface area contributed by atoms with E-state index in [4.69, 9.17) is 5.73 Å². The highest BCUT2D eigenvalue weighted by Crippen LogP contribution is 2.33. The van der Waals surface area contributed by atoms with E-state index in [9.17, 15) is 13.2 Å². The zero-order valence-electron chi connectivity index (χ0n) is 14.0. The van der Waals surface area contributed by atoms with E-state index in [1.165, 1.54) is 6.26 Å². The number of hydrogen-bond donors (Lipinski definition) is 2. The first kappa shape index (κ1) is 19.1. The Labute approximate surface area is 152 Å². The molecule has 0 fully saturated rings. The monoisotopic (exact) mass is 376 g/mol. The molecule has 0 heterocycles. The zero-order chi connectivity index (χ0) is 18.4. The third-order valence-corrected chi connectivity index (χ3v) is 5.75. The lowest BCUT2D eigenvalue weighted by Gasteiger charge is -2.16. The molecule has 7 heteroatoms. The predicted molar refractivity (Wildman–Crippen MR) is 103 cm³/mol. The molecule has 0 saturated carbocycles. The third kappa shape index (κ3) is 5.65. The number of sulfone groups is 1. The van der Waals surface area contributed by atoms with Gasteiger partial charge in [0.25, 0.3) is 0 Å². The number of carbonyl (C=O) groups is 1. The van der Waals surface area contributed by atoms with Gasteiger partial charge < -0.3 is 5.73 Å². The van der Waals surface area contributed by atoms with Crippen molar-refractivity contribution < 1.29 is 13.2 Å². The summed E-state index contributed by atoms with van der Waals surface area (Å²) in [5.74, 6) is -0.0503. The van der Waals surface area contributed by atoms with E-state index in [-0.39, 0.29) is 10.8 Å². The molecular formula is C18H20N2O3S2. The fraction of sp³-hybridized carbons (Fsp3) is 0.167. The van der Waals surface area contributed by atoms with Crippen LogP contribution in [0.25, 0.3) is 6.08 Å². The summed E-state index contributed by atoms with van der Waals surface area (Å²) in [5, 5.41) is 0. The number of hydrogen-bond acceptors (Lipinski definition) is 4. The minimum atomic E-state index is -3.23. The first-order chi connectivity index (χ1) is 11.8. The lowest BCUT2D eigenvalue weighted by Crippen LogP contribution is -2.23. The van der Waals surface area contributed by atoms with E-state index in [1.54, 1.807) is 24.3 Å². The van der Waals surface area contributed by atoms with Crippen molar-refractivity contribution in [2.45, 2.75) is 17.7 Å². The van der Waals surface area contributed by atoms with E-state index in [0.717, 1.165) is 28.0 Å². The van der Waals surface area contributed by atoms with Crippen molar-refractivity contribution in [3.05, 3.63) is 70.6 Å². The summed E-state index contributed by atoms with van der Waals surface area (Å²) >= 11 is 1.16. The summed E-state index contributed by atoms with van der Waals surface area (Å²) < 4.78 is 25.7. The highest BCUT2D eigenvalue weighted by molar-refractivity contribution is 8.01. The van der Waals surface area contributed by atoms with Gasteiger partial charge in [0.1, 0.15) is 0 Å². The quantitative estimate of drug-likeness (QED) is 0.755. The van der Waals surface area contributed by atoms with E-state index >= 15 is 0 Å².